The Hall–Kier alpha value is -1.21. The first-order chi connectivity index (χ1) is 9.85. The van der Waals surface area contributed by atoms with Gasteiger partial charge in [0.15, 0.2) is 0 Å². The zero-order valence-corrected chi connectivity index (χ0v) is 14.6. The molecule has 0 aliphatic rings. The highest BCUT2D eigenvalue weighted by atomic mass is 32.2. The van der Waals surface area contributed by atoms with E-state index in [2.05, 4.69) is 89.2 Å². The van der Waals surface area contributed by atoms with E-state index in [4.69, 9.17) is 0 Å². The first kappa shape index (κ1) is 16.2. The van der Waals surface area contributed by atoms with Crippen molar-refractivity contribution < 1.29 is 0 Å². The monoisotopic (exact) mass is 298 g/mol. The summed E-state index contributed by atoms with van der Waals surface area (Å²) in [4.78, 5) is 1.34. The van der Waals surface area contributed by atoms with Gasteiger partial charge in [0.1, 0.15) is 0 Å². The number of benzene rings is 2. The third-order valence-corrected chi connectivity index (χ3v) is 5.61. The maximum absolute atomic E-state index is 2.34. The van der Waals surface area contributed by atoms with E-state index in [-0.39, 0.29) is 10.2 Å². The summed E-state index contributed by atoms with van der Waals surface area (Å²) in [6.45, 7) is 11.4. The van der Waals surface area contributed by atoms with Crippen molar-refractivity contribution in [1.29, 1.82) is 0 Å². The Labute approximate surface area is 134 Å². The molecule has 0 saturated heterocycles. The van der Waals surface area contributed by atoms with Gasteiger partial charge in [0, 0.05) is 9.64 Å². The van der Waals surface area contributed by atoms with Crippen LogP contribution in [0.1, 0.15) is 52.2 Å². The summed E-state index contributed by atoms with van der Waals surface area (Å²) in [6, 6.07) is 19.9. The van der Waals surface area contributed by atoms with Gasteiger partial charge in [-0.3, -0.25) is 0 Å². The van der Waals surface area contributed by atoms with Crippen LogP contribution in [0.15, 0.2) is 59.5 Å². The van der Waals surface area contributed by atoms with Gasteiger partial charge in [0.05, 0.1) is 0 Å². The van der Waals surface area contributed by atoms with Crippen molar-refractivity contribution >= 4 is 11.8 Å². The van der Waals surface area contributed by atoms with Crippen LogP contribution < -0.4 is 0 Å². The Morgan fingerprint density at radius 3 is 1.81 bits per heavy atom. The summed E-state index contributed by atoms with van der Waals surface area (Å²) >= 11 is 1.96. The van der Waals surface area contributed by atoms with E-state index in [9.17, 15) is 0 Å². The van der Waals surface area contributed by atoms with E-state index in [0.717, 1.165) is 6.42 Å². The van der Waals surface area contributed by atoms with E-state index >= 15 is 0 Å². The maximum Gasteiger partial charge on any atom is 0.0424 e. The van der Waals surface area contributed by atoms with Gasteiger partial charge in [-0.1, -0.05) is 70.2 Å². The van der Waals surface area contributed by atoms with E-state index in [0.29, 0.717) is 0 Å². The van der Waals surface area contributed by atoms with Crippen molar-refractivity contribution in [2.45, 2.75) is 56.1 Å². The third kappa shape index (κ3) is 3.91. The second-order valence-corrected chi connectivity index (χ2v) is 8.40. The lowest BCUT2D eigenvalue weighted by atomic mass is 9.87. The molecule has 0 spiro atoms. The molecule has 2 aromatic carbocycles. The van der Waals surface area contributed by atoms with Crippen LogP contribution in [-0.4, -0.2) is 0 Å². The SMILES string of the molecule is CCC(C)(Sc1ccc(C(C)(C)C)cc1)c1ccccc1. The van der Waals surface area contributed by atoms with Crippen LogP contribution in [-0.2, 0) is 10.2 Å². The van der Waals surface area contributed by atoms with Crippen LogP contribution in [0.5, 0.6) is 0 Å². The normalized spacial score (nSPS) is 14.7. The summed E-state index contributed by atoms with van der Waals surface area (Å²) in [5.74, 6) is 0. The fourth-order valence-electron chi connectivity index (χ4n) is 2.41. The summed E-state index contributed by atoms with van der Waals surface area (Å²) in [5, 5.41) is 0. The fraction of sp³-hybridized carbons (Fsp3) is 0.400. The predicted molar refractivity (Wildman–Crippen MR) is 95.1 cm³/mol. The number of rotatable bonds is 4. The van der Waals surface area contributed by atoms with Gasteiger partial charge in [-0.05, 0) is 42.0 Å². The van der Waals surface area contributed by atoms with Crippen molar-refractivity contribution in [3.63, 3.8) is 0 Å². The zero-order valence-electron chi connectivity index (χ0n) is 13.8. The molecule has 0 aromatic heterocycles. The molecule has 0 nitrogen and oxygen atoms in total. The quantitative estimate of drug-likeness (QED) is 0.588. The molecule has 1 heteroatoms. The highest BCUT2D eigenvalue weighted by Gasteiger charge is 2.26. The van der Waals surface area contributed by atoms with Gasteiger partial charge < -0.3 is 0 Å². The number of thioether (sulfide) groups is 1. The first-order valence-corrected chi connectivity index (χ1v) is 8.52. The van der Waals surface area contributed by atoms with Gasteiger partial charge in [-0.25, -0.2) is 0 Å². The van der Waals surface area contributed by atoms with Crippen LogP contribution in [0.4, 0.5) is 0 Å². The molecule has 2 rings (SSSR count). The van der Waals surface area contributed by atoms with Gasteiger partial charge in [0.2, 0.25) is 0 Å². The van der Waals surface area contributed by atoms with Gasteiger partial charge in [-0.2, -0.15) is 0 Å². The topological polar surface area (TPSA) is 0 Å². The van der Waals surface area contributed by atoms with Gasteiger partial charge in [-0.15, -0.1) is 11.8 Å². The van der Waals surface area contributed by atoms with Crippen molar-refractivity contribution in [3.8, 4) is 0 Å². The highest BCUT2D eigenvalue weighted by molar-refractivity contribution is 8.00. The lowest BCUT2D eigenvalue weighted by molar-refractivity contribution is 0.589. The molecule has 112 valence electrons. The van der Waals surface area contributed by atoms with Crippen LogP contribution in [0.25, 0.3) is 0 Å². The molecule has 1 atom stereocenters. The third-order valence-electron chi connectivity index (χ3n) is 4.12. The predicted octanol–water partition coefficient (Wildman–Crippen LogP) is 6.40. The Morgan fingerprint density at radius 1 is 0.762 bits per heavy atom. The van der Waals surface area contributed by atoms with Crippen molar-refractivity contribution in [2.75, 3.05) is 0 Å². The van der Waals surface area contributed by atoms with Crippen LogP contribution in [0.2, 0.25) is 0 Å². The minimum Gasteiger partial charge on any atom is -0.115 e. The van der Waals surface area contributed by atoms with Gasteiger partial charge >= 0.3 is 0 Å². The molecular formula is C20H26S. The van der Waals surface area contributed by atoms with Crippen molar-refractivity contribution in [1.82, 2.24) is 0 Å². The smallest absolute Gasteiger partial charge is 0.0424 e. The van der Waals surface area contributed by atoms with Crippen molar-refractivity contribution in [2.24, 2.45) is 0 Å². The highest BCUT2D eigenvalue weighted by Crippen LogP contribution is 2.43. The lowest BCUT2D eigenvalue weighted by Gasteiger charge is -2.29. The molecule has 0 aliphatic carbocycles. The molecule has 0 heterocycles. The Morgan fingerprint density at radius 2 is 1.33 bits per heavy atom. The Kier molecular flexibility index (Phi) is 4.83. The maximum atomic E-state index is 2.34. The van der Waals surface area contributed by atoms with E-state index < -0.39 is 0 Å². The van der Waals surface area contributed by atoms with E-state index in [1.54, 1.807) is 0 Å². The summed E-state index contributed by atoms with van der Waals surface area (Å²) in [6.07, 6.45) is 1.11. The molecular weight excluding hydrogens is 272 g/mol. The van der Waals surface area contributed by atoms with E-state index in [1.807, 2.05) is 11.8 Å². The van der Waals surface area contributed by atoms with E-state index in [1.165, 1.54) is 16.0 Å². The molecule has 0 bridgehead atoms. The zero-order chi connectivity index (χ0) is 15.5. The molecule has 2 aromatic rings. The molecule has 0 radical (unpaired) electrons. The summed E-state index contributed by atoms with van der Waals surface area (Å²) < 4.78 is 0.129. The lowest BCUT2D eigenvalue weighted by Crippen LogP contribution is -2.16. The molecule has 0 amide bonds. The first-order valence-electron chi connectivity index (χ1n) is 7.70. The Balaban J connectivity index is 2.23. The van der Waals surface area contributed by atoms with Gasteiger partial charge in [0.25, 0.3) is 0 Å². The van der Waals surface area contributed by atoms with Crippen LogP contribution in [0, 0.1) is 0 Å². The molecule has 1 unspecified atom stereocenters. The number of hydrogen-bond donors (Lipinski definition) is 0. The molecule has 0 aliphatic heterocycles. The Bertz CT molecular complexity index is 563. The summed E-state index contributed by atoms with van der Waals surface area (Å²) in [5.41, 5.74) is 3.01. The molecule has 21 heavy (non-hydrogen) atoms. The minimum absolute atomic E-state index is 0.129. The second-order valence-electron chi connectivity index (χ2n) is 6.83. The molecule has 0 N–H and O–H groups in total. The second kappa shape index (κ2) is 6.27. The fourth-order valence-corrected chi connectivity index (χ4v) is 3.60. The average molecular weight is 298 g/mol. The van der Waals surface area contributed by atoms with Crippen molar-refractivity contribution in [3.05, 3.63) is 65.7 Å². The summed E-state index contributed by atoms with van der Waals surface area (Å²) in [7, 11) is 0. The molecule has 0 saturated carbocycles. The molecule has 0 fully saturated rings. The largest absolute Gasteiger partial charge is 0.115 e. The average Bonchev–Trinajstić information content (AvgIpc) is 2.47. The minimum atomic E-state index is 0.129. The van der Waals surface area contributed by atoms with Crippen LogP contribution >= 0.6 is 11.8 Å². The number of hydrogen-bond acceptors (Lipinski definition) is 1. The van der Waals surface area contributed by atoms with Crippen LogP contribution in [0.3, 0.4) is 0 Å². The standard InChI is InChI=1S/C20H26S/c1-6-20(5,17-10-8-7-9-11-17)21-18-14-12-16(13-15-18)19(2,3)4/h7-15H,6H2,1-5H3.